The molecule has 0 aliphatic carbocycles. The van der Waals surface area contributed by atoms with Crippen molar-refractivity contribution >= 4 is 28.8 Å². The van der Waals surface area contributed by atoms with E-state index in [4.69, 9.17) is 21.8 Å². The van der Waals surface area contributed by atoms with Gasteiger partial charge in [-0.1, -0.05) is 17.5 Å². The second kappa shape index (κ2) is 8.01. The molecule has 2 nitrogen and oxygen atoms in total. The summed E-state index contributed by atoms with van der Waals surface area (Å²) in [7, 11) is 0. The number of allylic oxidation sites excluding steroid dienone is 1. The van der Waals surface area contributed by atoms with Crippen LogP contribution in [0.15, 0.2) is 12.7 Å². The number of nitrogens with two attached hydrogens (primary N) is 1. The molecule has 0 saturated heterocycles. The molecule has 0 radical (unpaired) electrons. The summed E-state index contributed by atoms with van der Waals surface area (Å²) in [4.78, 5) is 0. The normalized spacial score (nSPS) is 15.2. The van der Waals surface area contributed by atoms with Crippen molar-refractivity contribution < 1.29 is 4.52 Å². The number of hydrogen-bond acceptors (Lipinski definition) is 3. The second-order valence-electron chi connectivity index (χ2n) is 2.58. The summed E-state index contributed by atoms with van der Waals surface area (Å²) in [6.07, 6.45) is 5.31. The van der Waals surface area contributed by atoms with Crippen molar-refractivity contribution in [3.63, 3.8) is 0 Å². The maximum absolute atomic E-state index is 5.79. The van der Waals surface area contributed by atoms with E-state index in [9.17, 15) is 0 Å². The Morgan fingerprint density at radius 2 is 2.31 bits per heavy atom. The molecule has 78 valence electrons. The lowest BCUT2D eigenvalue weighted by Crippen LogP contribution is -1.96. The van der Waals surface area contributed by atoms with Gasteiger partial charge >= 0.3 is 0 Å². The smallest absolute Gasteiger partial charge is 0.183 e. The Hall–Kier alpha value is 0.660. The lowest BCUT2D eigenvalue weighted by atomic mass is 10.2. The highest BCUT2D eigenvalue weighted by Crippen LogP contribution is 2.52. The van der Waals surface area contributed by atoms with Gasteiger partial charge in [0.1, 0.15) is 0 Å². The van der Waals surface area contributed by atoms with Crippen molar-refractivity contribution in [2.75, 3.05) is 12.4 Å². The highest BCUT2D eigenvalue weighted by molar-refractivity contribution is 8.68. The van der Waals surface area contributed by atoms with Crippen molar-refractivity contribution in [1.29, 1.82) is 0 Å². The molecule has 0 aromatic heterocycles. The van der Waals surface area contributed by atoms with E-state index in [-0.39, 0.29) is 0 Å². The molecular formula is C8H18NOPS2. The molecule has 0 spiro atoms. The van der Waals surface area contributed by atoms with Crippen LogP contribution in [0.4, 0.5) is 0 Å². The van der Waals surface area contributed by atoms with Crippen LogP contribution >= 0.6 is 17.0 Å². The van der Waals surface area contributed by atoms with E-state index < -0.39 is 5.62 Å². The van der Waals surface area contributed by atoms with Gasteiger partial charge in [-0.2, -0.15) is 0 Å². The average Bonchev–Trinajstić information content (AvgIpc) is 2.04. The van der Waals surface area contributed by atoms with E-state index in [1.54, 1.807) is 11.4 Å². The van der Waals surface area contributed by atoms with Gasteiger partial charge in [0.15, 0.2) is 5.62 Å². The molecule has 0 saturated carbocycles. The van der Waals surface area contributed by atoms with E-state index in [1.807, 2.05) is 13.0 Å². The summed E-state index contributed by atoms with van der Waals surface area (Å²) in [5.74, 6) is 1.00. The van der Waals surface area contributed by atoms with Crippen LogP contribution in [0, 0.1) is 0 Å². The first-order valence-corrected chi connectivity index (χ1v) is 8.79. The predicted octanol–water partition coefficient (Wildman–Crippen LogP) is 3.30. The van der Waals surface area contributed by atoms with Crippen molar-refractivity contribution in [1.82, 2.24) is 0 Å². The van der Waals surface area contributed by atoms with Crippen molar-refractivity contribution in [3.8, 4) is 0 Å². The molecule has 0 rings (SSSR count). The highest BCUT2D eigenvalue weighted by Gasteiger charge is 2.09. The fourth-order valence-corrected chi connectivity index (χ4v) is 4.50. The summed E-state index contributed by atoms with van der Waals surface area (Å²) in [6, 6.07) is 0. The number of rotatable bonds is 8. The van der Waals surface area contributed by atoms with Crippen molar-refractivity contribution in [2.45, 2.75) is 26.2 Å². The summed E-state index contributed by atoms with van der Waals surface area (Å²) in [5, 5.41) is 0. The summed E-state index contributed by atoms with van der Waals surface area (Å²) in [5.41, 5.74) is 3.77. The van der Waals surface area contributed by atoms with E-state index in [2.05, 4.69) is 6.58 Å². The maximum atomic E-state index is 5.79. The molecule has 0 amide bonds. The molecule has 0 aromatic rings. The molecular weight excluding hydrogens is 221 g/mol. The fraction of sp³-hybridized carbons (Fsp3) is 0.750. The zero-order valence-corrected chi connectivity index (χ0v) is 10.6. The minimum absolute atomic E-state index is 0.618. The Kier molecular flexibility index (Phi) is 8.42. The Balaban J connectivity index is 3.40. The highest BCUT2D eigenvalue weighted by atomic mass is 32.9. The summed E-state index contributed by atoms with van der Waals surface area (Å²) < 4.78 is 5.28. The zero-order chi connectivity index (χ0) is 10.2. The molecule has 13 heavy (non-hydrogen) atoms. The fourth-order valence-electron chi connectivity index (χ4n) is 0.800. The molecule has 5 heteroatoms. The Labute approximate surface area is 90.2 Å². The molecule has 1 unspecified atom stereocenters. The van der Waals surface area contributed by atoms with Crippen LogP contribution in [0.5, 0.6) is 0 Å². The van der Waals surface area contributed by atoms with E-state index in [1.165, 1.54) is 0 Å². The minimum Gasteiger partial charge on any atom is -0.331 e. The van der Waals surface area contributed by atoms with Gasteiger partial charge in [0.05, 0.1) is 6.61 Å². The van der Waals surface area contributed by atoms with Crippen LogP contribution < -0.4 is 5.50 Å². The number of hydrogen-bond donors (Lipinski definition) is 1. The van der Waals surface area contributed by atoms with E-state index in [0.717, 1.165) is 25.0 Å². The largest absolute Gasteiger partial charge is 0.331 e. The molecule has 1 atom stereocenters. The molecule has 0 aromatic carbocycles. The predicted molar refractivity (Wildman–Crippen MR) is 66.6 cm³/mol. The molecule has 2 N–H and O–H groups in total. The number of unbranched alkanes of at least 4 members (excludes halogenated alkanes) is 2. The van der Waals surface area contributed by atoms with Gasteiger partial charge in [-0.25, -0.2) is 0 Å². The van der Waals surface area contributed by atoms with E-state index >= 15 is 0 Å². The average molecular weight is 239 g/mol. The third-order valence-electron chi connectivity index (χ3n) is 1.38. The van der Waals surface area contributed by atoms with Crippen LogP contribution in [0.1, 0.15) is 26.2 Å². The quantitative estimate of drug-likeness (QED) is 0.400. The van der Waals surface area contributed by atoms with Crippen LogP contribution in [0.2, 0.25) is 0 Å². The Bertz CT molecular complexity index is 187. The van der Waals surface area contributed by atoms with Gasteiger partial charge in [-0.15, -0.1) is 6.58 Å². The van der Waals surface area contributed by atoms with Gasteiger partial charge in [0.25, 0.3) is 0 Å². The van der Waals surface area contributed by atoms with Crippen LogP contribution in [0.3, 0.4) is 0 Å². The Morgan fingerprint density at radius 3 is 2.85 bits per heavy atom. The first-order chi connectivity index (χ1) is 6.12. The molecule has 0 aliphatic rings. The van der Waals surface area contributed by atoms with Crippen molar-refractivity contribution in [2.24, 2.45) is 5.50 Å². The lowest BCUT2D eigenvalue weighted by Gasteiger charge is -2.14. The lowest BCUT2D eigenvalue weighted by molar-refractivity contribution is 0.385. The maximum Gasteiger partial charge on any atom is 0.183 e. The van der Waals surface area contributed by atoms with Crippen molar-refractivity contribution in [3.05, 3.63) is 12.7 Å². The van der Waals surface area contributed by atoms with Gasteiger partial charge < -0.3 is 4.52 Å². The third-order valence-corrected chi connectivity index (χ3v) is 6.04. The van der Waals surface area contributed by atoms with Gasteiger partial charge in [-0.05, 0) is 38.0 Å². The van der Waals surface area contributed by atoms with E-state index in [0.29, 0.717) is 6.61 Å². The first kappa shape index (κ1) is 13.7. The molecule has 0 fully saturated rings. The van der Waals surface area contributed by atoms with Crippen LogP contribution in [-0.2, 0) is 16.3 Å². The Morgan fingerprint density at radius 1 is 1.62 bits per heavy atom. The molecule has 0 heterocycles. The van der Waals surface area contributed by atoms with Gasteiger partial charge in [0.2, 0.25) is 0 Å². The molecule has 0 aliphatic heterocycles. The third kappa shape index (κ3) is 8.98. The minimum atomic E-state index is -2.02. The topological polar surface area (TPSA) is 35.2 Å². The van der Waals surface area contributed by atoms with Gasteiger partial charge in [-0.3, -0.25) is 5.50 Å². The van der Waals surface area contributed by atoms with Crippen LogP contribution in [-0.4, -0.2) is 12.4 Å². The first-order valence-electron chi connectivity index (χ1n) is 4.41. The zero-order valence-electron chi connectivity index (χ0n) is 8.07. The monoisotopic (exact) mass is 239 g/mol. The standard InChI is InChI=1S/C8H18NOPS2/c1-3-5-6-7-8-13-11(9,12)10-4-2/h3H,1,4-8H2,2H3,(H2,9,12). The van der Waals surface area contributed by atoms with Gasteiger partial charge in [0, 0.05) is 5.75 Å². The molecule has 0 bridgehead atoms. The summed E-state index contributed by atoms with van der Waals surface area (Å²) in [6.45, 7) is 6.21. The second-order valence-corrected chi connectivity index (χ2v) is 9.30. The van der Waals surface area contributed by atoms with Crippen LogP contribution in [0.25, 0.3) is 0 Å². The summed E-state index contributed by atoms with van der Waals surface area (Å²) >= 11 is 6.73. The SMILES string of the molecule is C=CCCCCSP(N)(=S)OCC.